The summed E-state index contributed by atoms with van der Waals surface area (Å²) in [5.41, 5.74) is 2.26. The molecule has 1 aliphatic heterocycles. The molecule has 0 spiro atoms. The Morgan fingerprint density at radius 1 is 1.18 bits per heavy atom. The van der Waals surface area contributed by atoms with Crippen molar-refractivity contribution in [2.75, 3.05) is 13.7 Å². The van der Waals surface area contributed by atoms with Gasteiger partial charge in [0.05, 0.1) is 11.5 Å². The average molecular weight is 491 g/mol. The van der Waals surface area contributed by atoms with Crippen LogP contribution in [0.4, 0.5) is 4.39 Å². The van der Waals surface area contributed by atoms with Crippen molar-refractivity contribution in [1.82, 2.24) is 0 Å². The molecule has 9 heteroatoms. The number of aliphatic hydroxyl groups excluding tert-OH is 4. The minimum absolute atomic E-state index is 0.163. The molecule has 4 rings (SSSR count). The molecular formula is C25H27FO7S. The maximum atomic E-state index is 13.4. The minimum atomic E-state index is -1.90. The van der Waals surface area contributed by atoms with Crippen LogP contribution in [0.3, 0.4) is 0 Å². The molecule has 1 aliphatic carbocycles. The lowest BCUT2D eigenvalue weighted by atomic mass is 9.86. The van der Waals surface area contributed by atoms with Crippen LogP contribution in [0.2, 0.25) is 0 Å². The fourth-order valence-corrected chi connectivity index (χ4v) is 5.35. The van der Waals surface area contributed by atoms with Gasteiger partial charge in [-0.2, -0.15) is 0 Å². The van der Waals surface area contributed by atoms with Crippen molar-refractivity contribution >= 4 is 22.7 Å². The number of ether oxygens (including phenoxy) is 2. The number of methoxy groups -OCH3 is 1. The number of carbonyl (C=O) groups is 1. The van der Waals surface area contributed by atoms with Crippen LogP contribution in [0, 0.1) is 6.92 Å². The number of aliphatic hydroxyl groups is 4. The Morgan fingerprint density at radius 3 is 2.59 bits per heavy atom. The lowest BCUT2D eigenvalue weighted by molar-refractivity contribution is -0.366. The molecule has 1 aromatic carbocycles. The second-order valence-electron chi connectivity index (χ2n) is 8.46. The highest BCUT2D eigenvalue weighted by Crippen LogP contribution is 2.40. The Labute approximate surface area is 200 Å². The molecule has 0 amide bonds. The molecule has 34 heavy (non-hydrogen) atoms. The fraction of sp³-hybridized carbons (Fsp3) is 0.400. The van der Waals surface area contributed by atoms with Gasteiger partial charge in [0.15, 0.2) is 0 Å². The molecule has 0 bridgehead atoms. The summed E-state index contributed by atoms with van der Waals surface area (Å²) in [6.07, 6.45) is -1.97. The summed E-state index contributed by atoms with van der Waals surface area (Å²) in [6.45, 7) is 1.16. The quantitative estimate of drug-likeness (QED) is 0.460. The van der Waals surface area contributed by atoms with E-state index >= 15 is 0 Å². The summed E-state index contributed by atoms with van der Waals surface area (Å²) in [7, 11) is 1.27. The number of hydrogen-bond donors (Lipinski definition) is 4. The molecule has 2 heterocycles. The van der Waals surface area contributed by atoms with Gasteiger partial charge in [0, 0.05) is 29.5 Å². The van der Waals surface area contributed by atoms with Crippen LogP contribution >= 0.6 is 11.3 Å². The third kappa shape index (κ3) is 4.29. The van der Waals surface area contributed by atoms with Crippen molar-refractivity contribution in [2.45, 2.75) is 50.0 Å². The van der Waals surface area contributed by atoms with Gasteiger partial charge in [-0.3, -0.25) is 4.79 Å². The number of allylic oxidation sites excluding steroid dienone is 4. The smallest absolute Gasteiger partial charge is 0.224 e. The number of aryl methyl sites for hydroxylation is 1. The number of thiophene rings is 1. The van der Waals surface area contributed by atoms with E-state index < -0.39 is 36.8 Å². The normalized spacial score (nSPS) is 29.5. The van der Waals surface area contributed by atoms with Crippen molar-refractivity contribution in [3.63, 3.8) is 0 Å². The predicted molar refractivity (Wildman–Crippen MR) is 124 cm³/mol. The van der Waals surface area contributed by atoms with Crippen LogP contribution in [0.5, 0.6) is 0 Å². The molecule has 7 nitrogen and oxygen atoms in total. The van der Waals surface area contributed by atoms with E-state index in [9.17, 15) is 29.6 Å². The molecule has 2 aromatic rings. The van der Waals surface area contributed by atoms with E-state index in [0.29, 0.717) is 28.8 Å². The maximum absolute atomic E-state index is 13.4. The van der Waals surface area contributed by atoms with Gasteiger partial charge in [-0.05, 0) is 48.8 Å². The second kappa shape index (κ2) is 9.79. The summed E-state index contributed by atoms with van der Waals surface area (Å²) >= 11 is 1.32. The fourth-order valence-electron chi connectivity index (χ4n) is 4.33. The topological polar surface area (TPSA) is 116 Å². The van der Waals surface area contributed by atoms with Crippen LogP contribution in [0.15, 0.2) is 48.3 Å². The number of benzene rings is 1. The van der Waals surface area contributed by atoms with Gasteiger partial charge >= 0.3 is 0 Å². The van der Waals surface area contributed by atoms with Gasteiger partial charge in [-0.25, -0.2) is 4.39 Å². The van der Waals surface area contributed by atoms with Crippen molar-refractivity contribution in [2.24, 2.45) is 0 Å². The molecule has 5 unspecified atom stereocenters. The molecule has 0 radical (unpaired) electrons. The van der Waals surface area contributed by atoms with E-state index in [2.05, 4.69) is 0 Å². The Morgan fingerprint density at radius 2 is 1.94 bits per heavy atom. The number of hydrogen-bond acceptors (Lipinski definition) is 8. The molecule has 1 fully saturated rings. The first-order valence-corrected chi connectivity index (χ1v) is 11.7. The summed E-state index contributed by atoms with van der Waals surface area (Å²) < 4.78 is 24.6. The number of rotatable bonds is 6. The highest BCUT2D eigenvalue weighted by molar-refractivity contribution is 7.15. The molecule has 5 atom stereocenters. The maximum Gasteiger partial charge on any atom is 0.224 e. The van der Waals surface area contributed by atoms with Crippen molar-refractivity contribution in [1.29, 1.82) is 0 Å². The summed E-state index contributed by atoms with van der Waals surface area (Å²) in [5, 5.41) is 40.8. The van der Waals surface area contributed by atoms with Crippen molar-refractivity contribution in [3.05, 3.63) is 74.8 Å². The van der Waals surface area contributed by atoms with Gasteiger partial charge in [0.2, 0.25) is 11.6 Å². The van der Waals surface area contributed by atoms with E-state index in [1.165, 1.54) is 30.6 Å². The summed E-state index contributed by atoms with van der Waals surface area (Å²) in [5.74, 6) is -2.31. The van der Waals surface area contributed by atoms with Crippen LogP contribution < -0.4 is 0 Å². The number of carbonyl (C=O) groups excluding carboxylic acids is 1. The molecule has 182 valence electrons. The summed E-state index contributed by atoms with van der Waals surface area (Å²) in [6, 6.07) is 8.38. The van der Waals surface area contributed by atoms with E-state index in [-0.39, 0.29) is 17.2 Å². The summed E-state index contributed by atoms with van der Waals surface area (Å²) in [4.78, 5) is 14.8. The number of ketones is 1. The van der Waals surface area contributed by atoms with Crippen LogP contribution in [0.25, 0.3) is 5.57 Å². The zero-order chi connectivity index (χ0) is 24.6. The molecule has 4 N–H and O–H groups in total. The second-order valence-corrected chi connectivity index (χ2v) is 9.55. The first-order valence-electron chi connectivity index (χ1n) is 10.9. The van der Waals surface area contributed by atoms with E-state index in [4.69, 9.17) is 9.47 Å². The SMILES string of the molecule is COC1(c2ccc(C)c(C(=O)c3ccc(C4=CC=C(F)CC4)s3)c2)OC(CO)C(O)C(O)C1O. The predicted octanol–water partition coefficient (Wildman–Crippen LogP) is 2.59. The van der Waals surface area contributed by atoms with Crippen LogP contribution in [0.1, 0.15) is 44.1 Å². The van der Waals surface area contributed by atoms with Crippen LogP contribution in [-0.2, 0) is 15.3 Å². The zero-order valence-corrected chi connectivity index (χ0v) is 19.6. The third-order valence-electron chi connectivity index (χ3n) is 6.38. The molecule has 2 aliphatic rings. The lowest BCUT2D eigenvalue weighted by Crippen LogP contribution is -2.64. The first kappa shape index (κ1) is 24.9. The van der Waals surface area contributed by atoms with Gasteiger partial charge < -0.3 is 29.9 Å². The molecule has 1 saturated heterocycles. The van der Waals surface area contributed by atoms with E-state index in [1.807, 2.05) is 6.07 Å². The monoisotopic (exact) mass is 490 g/mol. The zero-order valence-electron chi connectivity index (χ0n) is 18.8. The van der Waals surface area contributed by atoms with Crippen LogP contribution in [-0.4, -0.2) is 64.3 Å². The third-order valence-corrected chi connectivity index (χ3v) is 7.54. The average Bonchev–Trinajstić information content (AvgIpc) is 3.34. The van der Waals surface area contributed by atoms with Gasteiger partial charge in [0.25, 0.3) is 0 Å². The Balaban J connectivity index is 1.69. The Hall–Kier alpha value is -2.24. The minimum Gasteiger partial charge on any atom is -0.394 e. The number of halogens is 1. The van der Waals surface area contributed by atoms with Gasteiger partial charge in [-0.15, -0.1) is 11.3 Å². The Bertz CT molecular complexity index is 1140. The standard InChI is InChI=1S/C25H27FO7S/c1-13-3-6-15(25(32-2)24(31)23(30)22(29)18(12-27)33-25)11-17(13)21(28)20-10-9-19(34-20)14-4-7-16(26)8-5-14/h3-4,6-7,9-11,18,22-24,27,29-31H,5,8,12H2,1-2H3. The van der Waals surface area contributed by atoms with Crippen molar-refractivity contribution in [3.8, 4) is 0 Å². The van der Waals surface area contributed by atoms with E-state index in [1.54, 1.807) is 31.2 Å². The molecule has 1 aromatic heterocycles. The largest absolute Gasteiger partial charge is 0.394 e. The molecular weight excluding hydrogens is 463 g/mol. The first-order chi connectivity index (χ1) is 16.2. The highest BCUT2D eigenvalue weighted by Gasteiger charge is 2.55. The Kier molecular flexibility index (Phi) is 7.16. The molecule has 0 saturated carbocycles. The van der Waals surface area contributed by atoms with Gasteiger partial charge in [-0.1, -0.05) is 18.2 Å². The van der Waals surface area contributed by atoms with Crippen molar-refractivity contribution < 1.29 is 39.1 Å². The highest BCUT2D eigenvalue weighted by atomic mass is 32.1. The lowest BCUT2D eigenvalue weighted by Gasteiger charge is -2.47. The van der Waals surface area contributed by atoms with E-state index in [0.717, 1.165) is 10.5 Å². The van der Waals surface area contributed by atoms with Gasteiger partial charge in [0.1, 0.15) is 30.2 Å².